The quantitative estimate of drug-likeness (QED) is 0.904. The zero-order valence-corrected chi connectivity index (χ0v) is 12.7. The van der Waals surface area contributed by atoms with E-state index in [1.807, 2.05) is 19.1 Å². The SMILES string of the molecule is COc1ccc(C(N)c2ccc(C(C)C)cc2)cc1C. The van der Waals surface area contributed by atoms with Crippen LogP contribution >= 0.6 is 0 Å². The lowest BCUT2D eigenvalue weighted by Gasteiger charge is -2.16. The first-order valence-corrected chi connectivity index (χ1v) is 7.03. The van der Waals surface area contributed by atoms with Crippen molar-refractivity contribution in [3.8, 4) is 5.75 Å². The van der Waals surface area contributed by atoms with E-state index in [9.17, 15) is 0 Å². The average Bonchev–Trinajstić information content (AvgIpc) is 2.46. The van der Waals surface area contributed by atoms with Crippen molar-refractivity contribution in [3.63, 3.8) is 0 Å². The van der Waals surface area contributed by atoms with Gasteiger partial charge in [0.15, 0.2) is 0 Å². The Hall–Kier alpha value is -1.80. The molecule has 1 atom stereocenters. The molecule has 0 aromatic heterocycles. The molecule has 0 fully saturated rings. The second-order valence-corrected chi connectivity index (χ2v) is 5.53. The second-order valence-electron chi connectivity index (χ2n) is 5.53. The Morgan fingerprint density at radius 1 is 0.900 bits per heavy atom. The number of hydrogen-bond acceptors (Lipinski definition) is 2. The highest BCUT2D eigenvalue weighted by Crippen LogP contribution is 2.26. The molecule has 2 N–H and O–H groups in total. The average molecular weight is 269 g/mol. The van der Waals surface area contributed by atoms with Crippen molar-refractivity contribution < 1.29 is 4.74 Å². The van der Waals surface area contributed by atoms with Gasteiger partial charge in [-0.15, -0.1) is 0 Å². The van der Waals surface area contributed by atoms with Crippen LogP contribution in [0.2, 0.25) is 0 Å². The molecule has 0 amide bonds. The topological polar surface area (TPSA) is 35.2 Å². The number of methoxy groups -OCH3 is 1. The van der Waals surface area contributed by atoms with Crippen LogP contribution in [-0.4, -0.2) is 7.11 Å². The highest BCUT2D eigenvalue weighted by Gasteiger charge is 2.11. The number of rotatable bonds is 4. The van der Waals surface area contributed by atoms with Gasteiger partial charge in [-0.2, -0.15) is 0 Å². The Morgan fingerprint density at radius 3 is 1.95 bits per heavy atom. The summed E-state index contributed by atoms with van der Waals surface area (Å²) in [5, 5.41) is 0. The van der Waals surface area contributed by atoms with Crippen LogP contribution in [-0.2, 0) is 0 Å². The number of nitrogens with two attached hydrogens (primary N) is 1. The summed E-state index contributed by atoms with van der Waals surface area (Å²) in [6.07, 6.45) is 0. The smallest absolute Gasteiger partial charge is 0.121 e. The zero-order chi connectivity index (χ0) is 14.7. The van der Waals surface area contributed by atoms with Gasteiger partial charge in [0.05, 0.1) is 13.2 Å². The maximum atomic E-state index is 6.36. The van der Waals surface area contributed by atoms with Crippen molar-refractivity contribution in [2.75, 3.05) is 7.11 Å². The van der Waals surface area contributed by atoms with E-state index in [1.54, 1.807) is 7.11 Å². The Labute approximate surface area is 121 Å². The van der Waals surface area contributed by atoms with Gasteiger partial charge < -0.3 is 10.5 Å². The van der Waals surface area contributed by atoms with E-state index < -0.39 is 0 Å². The van der Waals surface area contributed by atoms with Crippen LogP contribution in [0, 0.1) is 6.92 Å². The third kappa shape index (κ3) is 3.02. The molecule has 0 spiro atoms. The maximum absolute atomic E-state index is 6.36. The van der Waals surface area contributed by atoms with Crippen molar-refractivity contribution in [1.82, 2.24) is 0 Å². The minimum absolute atomic E-state index is 0.0965. The lowest BCUT2D eigenvalue weighted by Crippen LogP contribution is -2.12. The van der Waals surface area contributed by atoms with Gasteiger partial charge in [0.1, 0.15) is 5.75 Å². The van der Waals surface area contributed by atoms with E-state index in [1.165, 1.54) is 5.56 Å². The van der Waals surface area contributed by atoms with Gasteiger partial charge in [0.2, 0.25) is 0 Å². The molecule has 106 valence electrons. The van der Waals surface area contributed by atoms with Crippen LogP contribution in [0.1, 0.15) is 48.1 Å². The van der Waals surface area contributed by atoms with Gasteiger partial charge in [-0.3, -0.25) is 0 Å². The predicted octanol–water partition coefficient (Wildman–Crippen LogP) is 4.18. The minimum Gasteiger partial charge on any atom is -0.496 e. The fraction of sp³-hybridized carbons (Fsp3) is 0.333. The lowest BCUT2D eigenvalue weighted by atomic mass is 9.95. The number of benzene rings is 2. The normalized spacial score (nSPS) is 12.5. The summed E-state index contributed by atoms with van der Waals surface area (Å²) in [7, 11) is 1.69. The fourth-order valence-corrected chi connectivity index (χ4v) is 2.38. The maximum Gasteiger partial charge on any atom is 0.121 e. The van der Waals surface area contributed by atoms with Gasteiger partial charge in [-0.1, -0.05) is 50.2 Å². The van der Waals surface area contributed by atoms with E-state index in [0.29, 0.717) is 5.92 Å². The van der Waals surface area contributed by atoms with Crippen LogP contribution in [0.15, 0.2) is 42.5 Å². The van der Waals surface area contributed by atoms with E-state index in [0.717, 1.165) is 22.4 Å². The Kier molecular flexibility index (Phi) is 4.46. The van der Waals surface area contributed by atoms with Crippen LogP contribution in [0.4, 0.5) is 0 Å². The summed E-state index contributed by atoms with van der Waals surface area (Å²) in [5.74, 6) is 1.44. The molecule has 2 rings (SSSR count). The molecule has 20 heavy (non-hydrogen) atoms. The highest BCUT2D eigenvalue weighted by atomic mass is 16.5. The first-order chi connectivity index (χ1) is 9.52. The molecule has 0 bridgehead atoms. The molecule has 2 aromatic carbocycles. The fourth-order valence-electron chi connectivity index (χ4n) is 2.38. The van der Waals surface area contributed by atoms with Crippen molar-refractivity contribution in [1.29, 1.82) is 0 Å². The Morgan fingerprint density at radius 2 is 1.45 bits per heavy atom. The number of ether oxygens (including phenoxy) is 1. The monoisotopic (exact) mass is 269 g/mol. The molecule has 0 saturated heterocycles. The largest absolute Gasteiger partial charge is 0.496 e. The molecule has 0 aliphatic carbocycles. The minimum atomic E-state index is -0.0965. The third-order valence-corrected chi connectivity index (χ3v) is 3.74. The molecule has 1 unspecified atom stereocenters. The summed E-state index contributed by atoms with van der Waals surface area (Å²) in [6, 6.07) is 14.6. The van der Waals surface area contributed by atoms with Crippen LogP contribution in [0.5, 0.6) is 5.75 Å². The number of hydrogen-bond donors (Lipinski definition) is 1. The summed E-state index contributed by atoms with van der Waals surface area (Å²) < 4.78 is 5.29. The second kappa shape index (κ2) is 6.10. The van der Waals surface area contributed by atoms with Crippen molar-refractivity contribution >= 4 is 0 Å². The molecule has 0 aliphatic heterocycles. The van der Waals surface area contributed by atoms with Gasteiger partial charge in [-0.05, 0) is 41.2 Å². The summed E-state index contributed by atoms with van der Waals surface area (Å²) >= 11 is 0. The van der Waals surface area contributed by atoms with Crippen molar-refractivity contribution in [3.05, 3.63) is 64.7 Å². The molecule has 2 nitrogen and oxygen atoms in total. The van der Waals surface area contributed by atoms with Crippen LogP contribution in [0.25, 0.3) is 0 Å². The first kappa shape index (κ1) is 14.6. The van der Waals surface area contributed by atoms with Gasteiger partial charge in [0.25, 0.3) is 0 Å². The Balaban J connectivity index is 2.26. The summed E-state index contributed by atoms with van der Waals surface area (Å²) in [4.78, 5) is 0. The molecular weight excluding hydrogens is 246 g/mol. The molecule has 0 heterocycles. The molecule has 0 aliphatic rings. The highest BCUT2D eigenvalue weighted by molar-refractivity contribution is 5.41. The van der Waals surface area contributed by atoms with E-state index in [-0.39, 0.29) is 6.04 Å². The molecular formula is C18H23NO. The zero-order valence-electron chi connectivity index (χ0n) is 12.7. The Bertz CT molecular complexity index is 572. The standard InChI is InChI=1S/C18H23NO/c1-12(2)14-5-7-15(8-6-14)18(19)16-9-10-17(20-4)13(3)11-16/h5-12,18H,19H2,1-4H3. The van der Waals surface area contributed by atoms with E-state index in [2.05, 4.69) is 44.2 Å². The third-order valence-electron chi connectivity index (χ3n) is 3.74. The molecule has 0 saturated carbocycles. The van der Waals surface area contributed by atoms with Crippen molar-refractivity contribution in [2.24, 2.45) is 5.73 Å². The molecule has 0 radical (unpaired) electrons. The summed E-state index contributed by atoms with van der Waals surface area (Å²) in [6.45, 7) is 6.43. The van der Waals surface area contributed by atoms with Gasteiger partial charge >= 0.3 is 0 Å². The van der Waals surface area contributed by atoms with Gasteiger partial charge in [0, 0.05) is 0 Å². The predicted molar refractivity (Wildman–Crippen MR) is 84.3 cm³/mol. The first-order valence-electron chi connectivity index (χ1n) is 7.03. The summed E-state index contributed by atoms with van der Waals surface area (Å²) in [5.41, 5.74) is 11.1. The number of aryl methyl sites for hydroxylation is 1. The van der Waals surface area contributed by atoms with E-state index in [4.69, 9.17) is 10.5 Å². The lowest BCUT2D eigenvalue weighted by molar-refractivity contribution is 0.411. The van der Waals surface area contributed by atoms with Crippen LogP contribution < -0.4 is 10.5 Å². The van der Waals surface area contributed by atoms with E-state index >= 15 is 0 Å². The van der Waals surface area contributed by atoms with Crippen LogP contribution in [0.3, 0.4) is 0 Å². The molecule has 2 heteroatoms. The van der Waals surface area contributed by atoms with Gasteiger partial charge in [-0.25, -0.2) is 0 Å². The van der Waals surface area contributed by atoms with Crippen molar-refractivity contribution in [2.45, 2.75) is 32.7 Å². The molecule has 2 aromatic rings.